The zero-order valence-electron chi connectivity index (χ0n) is 5.64. The lowest BCUT2D eigenvalue weighted by Crippen LogP contribution is -1.98. The first-order chi connectivity index (χ1) is 5.15. The number of methoxy groups -OCH3 is 1. The summed E-state index contributed by atoms with van der Waals surface area (Å²) >= 11 is 8.78. The Morgan fingerprint density at radius 3 is 2.73 bits per heavy atom. The van der Waals surface area contributed by atoms with Gasteiger partial charge in [-0.05, 0) is 15.9 Å². The van der Waals surface area contributed by atoms with Crippen molar-refractivity contribution in [2.24, 2.45) is 0 Å². The van der Waals surface area contributed by atoms with Gasteiger partial charge in [0, 0.05) is 0 Å². The Morgan fingerprint density at radius 1 is 1.55 bits per heavy atom. The third-order valence-corrected chi connectivity index (χ3v) is 2.21. The van der Waals surface area contributed by atoms with Gasteiger partial charge in [-0.2, -0.15) is 9.97 Å². The number of nitrogens with zero attached hydrogens (tertiary/aromatic N) is 2. The number of ether oxygens (including phenoxy) is 1. The highest BCUT2D eigenvalue weighted by Gasteiger charge is 2.08. The Morgan fingerprint density at radius 2 is 2.18 bits per heavy atom. The van der Waals surface area contributed by atoms with Gasteiger partial charge in [0.1, 0.15) is 4.47 Å². The number of nitrogens with two attached hydrogens (primary N) is 1. The molecule has 1 heterocycles. The Hall–Kier alpha value is -0.550. The van der Waals surface area contributed by atoms with Crippen LogP contribution < -0.4 is 10.5 Å². The molecule has 1 rings (SSSR count). The van der Waals surface area contributed by atoms with E-state index in [1.807, 2.05) is 0 Å². The first-order valence-electron chi connectivity index (χ1n) is 2.67. The summed E-state index contributed by atoms with van der Waals surface area (Å²) in [5, 5.41) is 0.245. The quantitative estimate of drug-likeness (QED) is 0.753. The van der Waals surface area contributed by atoms with Gasteiger partial charge in [-0.15, -0.1) is 0 Å². The standard InChI is InChI=1S/C5H5BrClN3O/c1-11-4-2(6)3(7)9-5(8)10-4/h1H3,(H2,8,9,10). The molecule has 2 N–H and O–H groups in total. The highest BCUT2D eigenvalue weighted by Crippen LogP contribution is 2.28. The van der Waals surface area contributed by atoms with Crippen molar-refractivity contribution >= 4 is 33.5 Å². The molecule has 0 radical (unpaired) electrons. The zero-order chi connectivity index (χ0) is 8.43. The second-order valence-corrected chi connectivity index (χ2v) is 2.85. The number of anilines is 1. The van der Waals surface area contributed by atoms with Crippen molar-refractivity contribution < 1.29 is 4.74 Å². The normalized spacial score (nSPS) is 9.73. The van der Waals surface area contributed by atoms with Gasteiger partial charge in [0.2, 0.25) is 11.8 Å². The Bertz CT molecular complexity index is 281. The molecule has 0 aliphatic carbocycles. The minimum Gasteiger partial charge on any atom is -0.480 e. The second kappa shape index (κ2) is 3.23. The number of nitrogen functional groups attached to an aromatic ring is 1. The van der Waals surface area contributed by atoms with Crippen molar-refractivity contribution in [3.8, 4) is 5.88 Å². The van der Waals surface area contributed by atoms with Gasteiger partial charge in [-0.1, -0.05) is 11.6 Å². The summed E-state index contributed by atoms with van der Waals surface area (Å²) < 4.78 is 5.35. The van der Waals surface area contributed by atoms with Crippen molar-refractivity contribution in [3.05, 3.63) is 9.63 Å². The lowest BCUT2D eigenvalue weighted by molar-refractivity contribution is 0.395. The van der Waals surface area contributed by atoms with Crippen LogP contribution in [0.25, 0.3) is 0 Å². The van der Waals surface area contributed by atoms with Crippen molar-refractivity contribution in [2.45, 2.75) is 0 Å². The minimum absolute atomic E-state index is 0.0926. The van der Waals surface area contributed by atoms with Gasteiger partial charge < -0.3 is 10.5 Å². The average molecular weight is 238 g/mol. The number of rotatable bonds is 1. The molecule has 0 atom stereocenters. The van der Waals surface area contributed by atoms with E-state index in [-0.39, 0.29) is 11.1 Å². The van der Waals surface area contributed by atoms with E-state index in [1.165, 1.54) is 7.11 Å². The summed E-state index contributed by atoms with van der Waals surface area (Å²) in [6.45, 7) is 0. The maximum absolute atomic E-state index is 5.64. The monoisotopic (exact) mass is 237 g/mol. The van der Waals surface area contributed by atoms with Crippen LogP contribution in [0.5, 0.6) is 5.88 Å². The summed E-state index contributed by atoms with van der Waals surface area (Å²) in [5.41, 5.74) is 5.30. The van der Waals surface area contributed by atoms with E-state index < -0.39 is 0 Å². The molecule has 60 valence electrons. The van der Waals surface area contributed by atoms with Crippen molar-refractivity contribution in [1.29, 1.82) is 0 Å². The molecule has 0 aromatic carbocycles. The minimum atomic E-state index is 0.0926. The molecule has 0 aliphatic heterocycles. The van der Waals surface area contributed by atoms with E-state index in [9.17, 15) is 0 Å². The maximum atomic E-state index is 5.64. The third-order valence-electron chi connectivity index (χ3n) is 0.991. The van der Waals surface area contributed by atoms with Crippen LogP contribution in [-0.4, -0.2) is 17.1 Å². The van der Waals surface area contributed by atoms with Crippen LogP contribution in [-0.2, 0) is 0 Å². The SMILES string of the molecule is COc1nc(N)nc(Cl)c1Br. The first-order valence-corrected chi connectivity index (χ1v) is 3.84. The van der Waals surface area contributed by atoms with Crippen LogP contribution in [0.4, 0.5) is 5.95 Å². The molecule has 0 amide bonds. The molecule has 0 bridgehead atoms. The van der Waals surface area contributed by atoms with Gasteiger partial charge in [-0.25, -0.2) is 0 Å². The number of hydrogen-bond acceptors (Lipinski definition) is 4. The molecule has 11 heavy (non-hydrogen) atoms. The van der Waals surface area contributed by atoms with Gasteiger partial charge >= 0.3 is 0 Å². The fraction of sp³-hybridized carbons (Fsp3) is 0.200. The Labute approximate surface area is 76.9 Å². The molecule has 0 saturated heterocycles. The van der Waals surface area contributed by atoms with E-state index in [0.717, 1.165) is 0 Å². The smallest absolute Gasteiger partial charge is 0.234 e. The third kappa shape index (κ3) is 1.72. The summed E-state index contributed by atoms with van der Waals surface area (Å²) in [5.74, 6) is 0.428. The Kier molecular flexibility index (Phi) is 2.51. The predicted molar refractivity (Wildman–Crippen MR) is 45.7 cm³/mol. The largest absolute Gasteiger partial charge is 0.480 e. The van der Waals surface area contributed by atoms with E-state index in [2.05, 4.69) is 25.9 Å². The molecule has 1 aromatic heterocycles. The van der Waals surface area contributed by atoms with Crippen LogP contribution in [0.15, 0.2) is 4.47 Å². The van der Waals surface area contributed by atoms with Gasteiger partial charge in [0.05, 0.1) is 7.11 Å². The van der Waals surface area contributed by atoms with Crippen LogP contribution >= 0.6 is 27.5 Å². The fourth-order valence-electron chi connectivity index (χ4n) is 0.551. The van der Waals surface area contributed by atoms with Gasteiger partial charge in [0.15, 0.2) is 5.15 Å². The molecular weight excluding hydrogens is 233 g/mol. The summed E-state index contributed by atoms with van der Waals surface area (Å²) in [6.07, 6.45) is 0. The summed E-state index contributed by atoms with van der Waals surface area (Å²) in [4.78, 5) is 7.45. The van der Waals surface area contributed by atoms with Gasteiger partial charge in [0.25, 0.3) is 0 Å². The molecule has 4 nitrogen and oxygen atoms in total. The van der Waals surface area contributed by atoms with E-state index in [4.69, 9.17) is 22.1 Å². The van der Waals surface area contributed by atoms with Crippen molar-refractivity contribution in [2.75, 3.05) is 12.8 Å². The van der Waals surface area contributed by atoms with E-state index in [1.54, 1.807) is 0 Å². The predicted octanol–water partition coefficient (Wildman–Crippen LogP) is 1.48. The summed E-state index contributed by atoms with van der Waals surface area (Å²) in [7, 11) is 1.48. The molecule has 0 saturated carbocycles. The van der Waals surface area contributed by atoms with Crippen LogP contribution in [0.1, 0.15) is 0 Å². The molecule has 0 aliphatic rings. The highest BCUT2D eigenvalue weighted by atomic mass is 79.9. The topological polar surface area (TPSA) is 61.0 Å². The molecule has 0 spiro atoms. The van der Waals surface area contributed by atoms with Crippen molar-refractivity contribution in [3.63, 3.8) is 0 Å². The maximum Gasteiger partial charge on any atom is 0.234 e. The van der Waals surface area contributed by atoms with Gasteiger partial charge in [-0.3, -0.25) is 0 Å². The fourth-order valence-corrected chi connectivity index (χ4v) is 1.06. The number of halogens is 2. The van der Waals surface area contributed by atoms with Crippen LogP contribution in [0.3, 0.4) is 0 Å². The number of hydrogen-bond donors (Lipinski definition) is 1. The molecule has 6 heteroatoms. The zero-order valence-corrected chi connectivity index (χ0v) is 7.98. The second-order valence-electron chi connectivity index (χ2n) is 1.70. The molecule has 0 unspecified atom stereocenters. The molecule has 0 fully saturated rings. The average Bonchev–Trinajstić information content (AvgIpc) is 1.96. The first kappa shape index (κ1) is 8.55. The summed E-state index contributed by atoms with van der Waals surface area (Å²) in [6, 6.07) is 0. The number of aromatic nitrogens is 2. The highest BCUT2D eigenvalue weighted by molar-refractivity contribution is 9.10. The van der Waals surface area contributed by atoms with Crippen LogP contribution in [0.2, 0.25) is 5.15 Å². The Balaban J connectivity index is 3.24. The molecule has 1 aromatic rings. The lowest BCUT2D eigenvalue weighted by atomic mass is 10.6. The van der Waals surface area contributed by atoms with Crippen molar-refractivity contribution in [1.82, 2.24) is 9.97 Å². The molecular formula is C5H5BrClN3O. The lowest BCUT2D eigenvalue weighted by Gasteiger charge is -2.02. The van der Waals surface area contributed by atoms with E-state index >= 15 is 0 Å². The van der Waals surface area contributed by atoms with E-state index in [0.29, 0.717) is 10.4 Å². The van der Waals surface area contributed by atoms with Crippen LogP contribution in [0, 0.1) is 0 Å².